The van der Waals surface area contributed by atoms with Crippen LogP contribution < -0.4 is 15.2 Å². The summed E-state index contributed by atoms with van der Waals surface area (Å²) >= 11 is 0. The van der Waals surface area contributed by atoms with E-state index in [-0.39, 0.29) is 0 Å². The van der Waals surface area contributed by atoms with Gasteiger partial charge in [-0.1, -0.05) is 26.3 Å². The lowest BCUT2D eigenvalue weighted by Crippen LogP contribution is -2.08. The van der Waals surface area contributed by atoms with Gasteiger partial charge in [0.25, 0.3) is 0 Å². The molecule has 100 valence electrons. The zero-order valence-corrected chi connectivity index (χ0v) is 11.3. The minimum atomic E-state index is 0.346. The topological polar surface area (TPSA) is 44.5 Å². The first-order valence-corrected chi connectivity index (χ1v) is 6.82. The Morgan fingerprint density at radius 2 is 1.94 bits per heavy atom. The predicted octanol–water partition coefficient (Wildman–Crippen LogP) is 3.28. The molecule has 1 aromatic carbocycles. The Morgan fingerprint density at radius 3 is 2.67 bits per heavy atom. The number of hydrogen-bond acceptors (Lipinski definition) is 3. The van der Waals surface area contributed by atoms with Crippen molar-refractivity contribution in [1.29, 1.82) is 0 Å². The van der Waals surface area contributed by atoms with Gasteiger partial charge in [-0.25, -0.2) is 0 Å². The van der Waals surface area contributed by atoms with Crippen LogP contribution in [0.15, 0.2) is 18.2 Å². The number of rotatable bonds is 6. The van der Waals surface area contributed by atoms with Crippen molar-refractivity contribution < 1.29 is 9.47 Å². The van der Waals surface area contributed by atoms with Crippen LogP contribution in [0.25, 0.3) is 0 Å². The van der Waals surface area contributed by atoms with E-state index in [1.807, 2.05) is 6.07 Å². The van der Waals surface area contributed by atoms with Crippen LogP contribution >= 0.6 is 0 Å². The van der Waals surface area contributed by atoms with Crippen molar-refractivity contribution in [3.8, 4) is 11.5 Å². The highest BCUT2D eigenvalue weighted by Gasteiger charge is 2.19. The smallest absolute Gasteiger partial charge is 0.231 e. The lowest BCUT2D eigenvalue weighted by molar-refractivity contribution is 0.174. The van der Waals surface area contributed by atoms with Gasteiger partial charge in [0.15, 0.2) is 11.5 Å². The summed E-state index contributed by atoms with van der Waals surface area (Å²) < 4.78 is 10.8. The van der Waals surface area contributed by atoms with Gasteiger partial charge in [0.05, 0.1) is 0 Å². The summed E-state index contributed by atoms with van der Waals surface area (Å²) in [7, 11) is 0. The molecule has 0 aromatic heterocycles. The minimum absolute atomic E-state index is 0.346. The highest BCUT2D eigenvalue weighted by molar-refractivity contribution is 5.45. The summed E-state index contributed by atoms with van der Waals surface area (Å²) in [6, 6.07) is 6.33. The van der Waals surface area contributed by atoms with E-state index in [9.17, 15) is 0 Å². The molecule has 0 radical (unpaired) electrons. The lowest BCUT2D eigenvalue weighted by atomic mass is 9.84. The van der Waals surface area contributed by atoms with Crippen LogP contribution in [-0.4, -0.2) is 13.3 Å². The van der Waals surface area contributed by atoms with Crippen LogP contribution in [0.5, 0.6) is 11.5 Å². The summed E-state index contributed by atoms with van der Waals surface area (Å²) in [5, 5.41) is 0. The Balaban J connectivity index is 2.10. The molecule has 0 spiro atoms. The van der Waals surface area contributed by atoms with Gasteiger partial charge in [-0.15, -0.1) is 0 Å². The first kappa shape index (κ1) is 13.2. The van der Waals surface area contributed by atoms with Crippen LogP contribution in [0.3, 0.4) is 0 Å². The van der Waals surface area contributed by atoms with Crippen molar-refractivity contribution in [3.05, 3.63) is 23.8 Å². The van der Waals surface area contributed by atoms with Gasteiger partial charge in [0, 0.05) is 0 Å². The third kappa shape index (κ3) is 2.96. The highest BCUT2D eigenvalue weighted by atomic mass is 16.7. The molecule has 1 aliphatic heterocycles. The van der Waals surface area contributed by atoms with Gasteiger partial charge in [-0.3, -0.25) is 0 Å². The molecule has 0 saturated carbocycles. The Labute approximate surface area is 109 Å². The molecule has 3 heteroatoms. The Hall–Kier alpha value is -1.22. The zero-order valence-electron chi connectivity index (χ0n) is 11.3. The fourth-order valence-electron chi connectivity index (χ4n) is 2.54. The van der Waals surface area contributed by atoms with Gasteiger partial charge in [-0.05, 0) is 48.9 Å². The number of nitrogens with two attached hydrogens (primary N) is 1. The molecule has 1 atom stereocenters. The average molecular weight is 249 g/mol. The van der Waals surface area contributed by atoms with Crippen molar-refractivity contribution in [2.75, 3.05) is 13.3 Å². The van der Waals surface area contributed by atoms with Gasteiger partial charge < -0.3 is 15.2 Å². The SMILES string of the molecule is CC(C)C(CCCCN)c1ccc2c(c1)OCO2. The molecule has 0 bridgehead atoms. The molecule has 1 aliphatic rings. The van der Waals surface area contributed by atoms with Crippen LogP contribution in [0.2, 0.25) is 0 Å². The molecular weight excluding hydrogens is 226 g/mol. The molecule has 0 amide bonds. The van der Waals surface area contributed by atoms with Gasteiger partial charge >= 0.3 is 0 Å². The van der Waals surface area contributed by atoms with E-state index in [0.29, 0.717) is 18.6 Å². The fraction of sp³-hybridized carbons (Fsp3) is 0.600. The predicted molar refractivity (Wildman–Crippen MR) is 73.0 cm³/mol. The fourth-order valence-corrected chi connectivity index (χ4v) is 2.54. The largest absolute Gasteiger partial charge is 0.454 e. The first-order valence-electron chi connectivity index (χ1n) is 6.82. The van der Waals surface area contributed by atoms with E-state index in [1.165, 1.54) is 18.4 Å². The third-order valence-electron chi connectivity index (χ3n) is 3.60. The quantitative estimate of drug-likeness (QED) is 0.787. The Bertz CT molecular complexity index is 390. The molecule has 0 saturated heterocycles. The maximum absolute atomic E-state index is 5.57. The maximum atomic E-state index is 5.57. The summed E-state index contributed by atoms with van der Waals surface area (Å²) in [6.45, 7) is 5.68. The van der Waals surface area contributed by atoms with Crippen LogP contribution in [0.1, 0.15) is 44.6 Å². The molecule has 3 nitrogen and oxygen atoms in total. The molecule has 1 heterocycles. The third-order valence-corrected chi connectivity index (χ3v) is 3.60. The second-order valence-corrected chi connectivity index (χ2v) is 5.25. The van der Waals surface area contributed by atoms with Gasteiger partial charge in [-0.2, -0.15) is 0 Å². The van der Waals surface area contributed by atoms with Crippen molar-refractivity contribution in [2.45, 2.75) is 39.0 Å². The standard InChI is InChI=1S/C15H23NO2/c1-11(2)13(5-3-4-8-16)12-6-7-14-15(9-12)18-10-17-14/h6-7,9,11,13H,3-5,8,10,16H2,1-2H3. The summed E-state index contributed by atoms with van der Waals surface area (Å²) in [5.41, 5.74) is 6.92. The zero-order chi connectivity index (χ0) is 13.0. The Morgan fingerprint density at radius 1 is 1.17 bits per heavy atom. The van der Waals surface area contributed by atoms with Crippen molar-refractivity contribution in [1.82, 2.24) is 0 Å². The van der Waals surface area contributed by atoms with Gasteiger partial charge in [0.1, 0.15) is 0 Å². The molecule has 0 aliphatic carbocycles. The second-order valence-electron chi connectivity index (χ2n) is 5.25. The Kier molecular flexibility index (Phi) is 4.48. The molecule has 1 unspecified atom stereocenters. The summed E-state index contributed by atoms with van der Waals surface area (Å²) in [4.78, 5) is 0. The normalized spacial score (nSPS) is 15.1. The maximum Gasteiger partial charge on any atom is 0.231 e. The van der Waals surface area contributed by atoms with Gasteiger partial charge in [0.2, 0.25) is 6.79 Å². The van der Waals surface area contributed by atoms with Crippen LogP contribution in [0.4, 0.5) is 0 Å². The van der Waals surface area contributed by atoms with Crippen molar-refractivity contribution in [3.63, 3.8) is 0 Å². The average Bonchev–Trinajstić information content (AvgIpc) is 2.81. The lowest BCUT2D eigenvalue weighted by Gasteiger charge is -2.21. The van der Waals surface area contributed by atoms with E-state index in [0.717, 1.165) is 24.5 Å². The van der Waals surface area contributed by atoms with E-state index in [4.69, 9.17) is 15.2 Å². The molecule has 18 heavy (non-hydrogen) atoms. The van der Waals surface area contributed by atoms with Crippen molar-refractivity contribution in [2.24, 2.45) is 11.7 Å². The second kappa shape index (κ2) is 6.10. The summed E-state index contributed by atoms with van der Waals surface area (Å²) in [5.74, 6) is 2.95. The van der Waals surface area contributed by atoms with Crippen molar-refractivity contribution >= 4 is 0 Å². The van der Waals surface area contributed by atoms with E-state index < -0.39 is 0 Å². The number of ether oxygens (including phenoxy) is 2. The van der Waals surface area contributed by atoms with Crippen LogP contribution in [0, 0.1) is 5.92 Å². The number of unbranched alkanes of at least 4 members (excludes halogenated alkanes) is 1. The number of hydrogen-bond donors (Lipinski definition) is 1. The molecule has 2 N–H and O–H groups in total. The highest BCUT2D eigenvalue weighted by Crippen LogP contribution is 2.38. The molecule has 0 fully saturated rings. The first-order chi connectivity index (χ1) is 8.72. The van der Waals surface area contributed by atoms with E-state index in [1.54, 1.807) is 0 Å². The number of fused-ring (bicyclic) bond motifs is 1. The van der Waals surface area contributed by atoms with Crippen LogP contribution in [-0.2, 0) is 0 Å². The molecule has 1 aromatic rings. The minimum Gasteiger partial charge on any atom is -0.454 e. The number of benzene rings is 1. The van der Waals surface area contributed by atoms with E-state index >= 15 is 0 Å². The monoisotopic (exact) mass is 249 g/mol. The summed E-state index contributed by atoms with van der Waals surface area (Å²) in [6.07, 6.45) is 3.48. The molecular formula is C15H23NO2. The molecule has 2 rings (SSSR count). The van der Waals surface area contributed by atoms with E-state index in [2.05, 4.69) is 26.0 Å².